The molecule has 0 aliphatic rings. The van der Waals surface area contributed by atoms with Gasteiger partial charge in [-0.1, -0.05) is 24.6 Å². The molecule has 0 aliphatic carbocycles. The van der Waals surface area contributed by atoms with Crippen LogP contribution in [0.5, 0.6) is 5.75 Å². The monoisotopic (exact) mass is 352 g/mol. The van der Waals surface area contributed by atoms with Crippen LogP contribution in [-0.4, -0.2) is 12.4 Å². The molecule has 2 nitrogen and oxygen atoms in total. The van der Waals surface area contributed by atoms with Gasteiger partial charge in [0.05, 0.1) is 11.6 Å². The maximum Gasteiger partial charge on any atom is 0.194 e. The Morgan fingerprint density at radius 3 is 2.55 bits per heavy atom. The molecule has 104 valence electrons. The highest BCUT2D eigenvalue weighted by atomic mass is 79.9. The summed E-state index contributed by atoms with van der Waals surface area (Å²) in [5.41, 5.74) is 1.08. The van der Waals surface area contributed by atoms with Crippen molar-refractivity contribution < 1.29 is 9.53 Å². The molecule has 0 saturated heterocycles. The van der Waals surface area contributed by atoms with Crippen molar-refractivity contribution in [1.82, 2.24) is 0 Å². The van der Waals surface area contributed by atoms with Crippen molar-refractivity contribution >= 4 is 33.3 Å². The van der Waals surface area contributed by atoms with Crippen molar-refractivity contribution in [2.45, 2.75) is 13.3 Å². The van der Waals surface area contributed by atoms with E-state index >= 15 is 0 Å². The van der Waals surface area contributed by atoms with E-state index in [0.29, 0.717) is 27.2 Å². The number of ketones is 1. The van der Waals surface area contributed by atoms with E-state index in [1.165, 1.54) is 0 Å². The van der Waals surface area contributed by atoms with Gasteiger partial charge in [0.1, 0.15) is 5.75 Å². The zero-order valence-corrected chi connectivity index (χ0v) is 13.4. The lowest BCUT2D eigenvalue weighted by Gasteiger charge is -2.07. The summed E-state index contributed by atoms with van der Waals surface area (Å²) in [4.78, 5) is 12.4. The average molecular weight is 354 g/mol. The molecular weight excluding hydrogens is 340 g/mol. The predicted octanol–water partition coefficient (Wildman–Crippen LogP) is 5.12. The Morgan fingerprint density at radius 1 is 1.20 bits per heavy atom. The number of hydrogen-bond acceptors (Lipinski definition) is 2. The van der Waals surface area contributed by atoms with Crippen LogP contribution in [0.3, 0.4) is 0 Å². The van der Waals surface area contributed by atoms with E-state index < -0.39 is 0 Å². The second-order valence-corrected chi connectivity index (χ2v) is 5.54. The van der Waals surface area contributed by atoms with Crippen molar-refractivity contribution in [3.05, 3.63) is 63.1 Å². The third-order valence-electron chi connectivity index (χ3n) is 2.79. The van der Waals surface area contributed by atoms with E-state index in [-0.39, 0.29) is 5.78 Å². The number of carbonyl (C=O) groups excluding carboxylic acids is 1. The topological polar surface area (TPSA) is 26.3 Å². The second-order valence-electron chi connectivity index (χ2n) is 4.30. The highest BCUT2D eigenvalue weighted by molar-refractivity contribution is 9.10. The van der Waals surface area contributed by atoms with Gasteiger partial charge in [0.2, 0.25) is 0 Å². The Kier molecular flexibility index (Phi) is 5.21. The lowest BCUT2D eigenvalue weighted by molar-refractivity contribution is 0.103. The summed E-state index contributed by atoms with van der Waals surface area (Å²) in [6, 6.07) is 12.4. The fraction of sp³-hybridized carbons (Fsp3) is 0.188. The third-order valence-corrected chi connectivity index (χ3v) is 4.08. The van der Waals surface area contributed by atoms with Crippen LogP contribution in [0.1, 0.15) is 29.3 Å². The molecule has 2 rings (SSSR count). The van der Waals surface area contributed by atoms with Gasteiger partial charge in [-0.3, -0.25) is 4.79 Å². The molecule has 0 amide bonds. The van der Waals surface area contributed by atoms with E-state index in [9.17, 15) is 4.79 Å². The van der Waals surface area contributed by atoms with E-state index in [0.717, 1.165) is 12.2 Å². The second kappa shape index (κ2) is 6.91. The van der Waals surface area contributed by atoms with Crippen LogP contribution < -0.4 is 4.74 Å². The quantitative estimate of drug-likeness (QED) is 0.697. The molecule has 0 bridgehead atoms. The molecule has 20 heavy (non-hydrogen) atoms. The van der Waals surface area contributed by atoms with Crippen molar-refractivity contribution in [2.75, 3.05) is 6.61 Å². The van der Waals surface area contributed by atoms with Crippen LogP contribution in [0.15, 0.2) is 46.9 Å². The molecule has 0 aromatic heterocycles. The molecule has 0 N–H and O–H groups in total. The Labute approximate surface area is 131 Å². The molecule has 2 aromatic rings. The minimum atomic E-state index is -0.0988. The zero-order chi connectivity index (χ0) is 14.5. The molecule has 0 saturated carbocycles. The van der Waals surface area contributed by atoms with Gasteiger partial charge in [-0.15, -0.1) is 0 Å². The highest BCUT2D eigenvalue weighted by Gasteiger charge is 2.14. The summed E-state index contributed by atoms with van der Waals surface area (Å²) in [5, 5.41) is 0.434. The summed E-state index contributed by atoms with van der Waals surface area (Å²) >= 11 is 9.47. The van der Waals surface area contributed by atoms with E-state index in [1.54, 1.807) is 42.5 Å². The summed E-state index contributed by atoms with van der Waals surface area (Å²) in [6.07, 6.45) is 0.953. The summed E-state index contributed by atoms with van der Waals surface area (Å²) in [5.74, 6) is 0.669. The lowest BCUT2D eigenvalue weighted by Crippen LogP contribution is -2.03. The number of benzene rings is 2. The first-order valence-electron chi connectivity index (χ1n) is 6.35. The molecule has 0 heterocycles. The fourth-order valence-electron chi connectivity index (χ4n) is 1.76. The van der Waals surface area contributed by atoms with Crippen molar-refractivity contribution in [1.29, 1.82) is 0 Å². The van der Waals surface area contributed by atoms with Crippen molar-refractivity contribution in [3.63, 3.8) is 0 Å². The number of hydrogen-bond donors (Lipinski definition) is 0. The number of rotatable bonds is 5. The minimum absolute atomic E-state index is 0.0988. The first-order valence-corrected chi connectivity index (χ1v) is 7.52. The van der Waals surface area contributed by atoms with Gasteiger partial charge in [-0.05, 0) is 58.7 Å². The van der Waals surface area contributed by atoms with Gasteiger partial charge in [0.15, 0.2) is 5.78 Å². The molecule has 0 aliphatic heterocycles. The maximum atomic E-state index is 12.4. The van der Waals surface area contributed by atoms with Gasteiger partial charge < -0.3 is 4.74 Å². The summed E-state index contributed by atoms with van der Waals surface area (Å²) in [7, 11) is 0. The minimum Gasteiger partial charge on any atom is -0.494 e. The molecule has 4 heteroatoms. The molecule has 2 aromatic carbocycles. The summed E-state index contributed by atoms with van der Waals surface area (Å²) in [6.45, 7) is 2.72. The first-order chi connectivity index (χ1) is 9.63. The van der Waals surface area contributed by atoms with E-state index in [1.807, 2.05) is 6.92 Å². The van der Waals surface area contributed by atoms with Gasteiger partial charge in [0.25, 0.3) is 0 Å². The van der Waals surface area contributed by atoms with Gasteiger partial charge >= 0.3 is 0 Å². The van der Waals surface area contributed by atoms with Gasteiger partial charge in [-0.25, -0.2) is 0 Å². The molecular formula is C16H14BrClO2. The summed E-state index contributed by atoms with van der Waals surface area (Å²) < 4.78 is 6.21. The van der Waals surface area contributed by atoms with Crippen LogP contribution in [0.4, 0.5) is 0 Å². The van der Waals surface area contributed by atoms with Gasteiger partial charge in [-0.2, -0.15) is 0 Å². The predicted molar refractivity (Wildman–Crippen MR) is 84.8 cm³/mol. The number of carbonyl (C=O) groups is 1. The fourth-order valence-corrected chi connectivity index (χ4v) is 2.34. The lowest BCUT2D eigenvalue weighted by atomic mass is 10.0. The SMILES string of the molecule is CCCOc1ccc(C(=O)c2cccc(Br)c2Cl)cc1. The zero-order valence-electron chi connectivity index (χ0n) is 11.0. The van der Waals surface area contributed by atoms with E-state index in [4.69, 9.17) is 16.3 Å². The first kappa shape index (κ1) is 15.1. The average Bonchev–Trinajstić information content (AvgIpc) is 2.48. The van der Waals surface area contributed by atoms with Crippen LogP contribution >= 0.6 is 27.5 Å². The van der Waals surface area contributed by atoms with Crippen LogP contribution in [-0.2, 0) is 0 Å². The molecule has 0 radical (unpaired) electrons. The Hall–Kier alpha value is -1.32. The van der Waals surface area contributed by atoms with Gasteiger partial charge in [0, 0.05) is 15.6 Å². The van der Waals surface area contributed by atoms with E-state index in [2.05, 4.69) is 15.9 Å². The Bertz CT molecular complexity index is 608. The molecule has 0 fully saturated rings. The molecule has 0 spiro atoms. The van der Waals surface area contributed by atoms with Crippen LogP contribution in [0.2, 0.25) is 5.02 Å². The van der Waals surface area contributed by atoms with Crippen molar-refractivity contribution in [2.24, 2.45) is 0 Å². The Balaban J connectivity index is 2.23. The maximum absolute atomic E-state index is 12.4. The van der Waals surface area contributed by atoms with Crippen molar-refractivity contribution in [3.8, 4) is 5.75 Å². The standard InChI is InChI=1S/C16H14BrClO2/c1-2-10-20-12-8-6-11(7-9-12)16(19)13-4-3-5-14(17)15(13)18/h3-9H,2,10H2,1H3. The Morgan fingerprint density at radius 2 is 1.90 bits per heavy atom. The number of halogens is 2. The normalized spacial score (nSPS) is 10.3. The van der Waals surface area contributed by atoms with Crippen LogP contribution in [0, 0.1) is 0 Å². The third kappa shape index (κ3) is 3.41. The molecule has 0 atom stereocenters. The van der Waals surface area contributed by atoms with Crippen LogP contribution in [0.25, 0.3) is 0 Å². The molecule has 0 unspecified atom stereocenters. The number of ether oxygens (including phenoxy) is 1. The highest BCUT2D eigenvalue weighted by Crippen LogP contribution is 2.28. The smallest absolute Gasteiger partial charge is 0.194 e. The largest absolute Gasteiger partial charge is 0.494 e.